The third-order valence-corrected chi connectivity index (χ3v) is 7.61. The van der Waals surface area contributed by atoms with Crippen molar-refractivity contribution in [1.82, 2.24) is 9.47 Å². The average Bonchev–Trinajstić information content (AvgIpc) is 3.48. The van der Waals surface area contributed by atoms with E-state index in [4.69, 9.17) is 13.9 Å². The van der Waals surface area contributed by atoms with Crippen LogP contribution in [-0.2, 0) is 9.53 Å². The number of fused-ring (bicyclic) bond motifs is 1. The summed E-state index contributed by atoms with van der Waals surface area (Å²) >= 11 is 1.27. The summed E-state index contributed by atoms with van der Waals surface area (Å²) < 4.78 is 18.9. The Kier molecular flexibility index (Phi) is 7.03. The van der Waals surface area contributed by atoms with Gasteiger partial charge in [0.2, 0.25) is 0 Å². The van der Waals surface area contributed by atoms with Gasteiger partial charge in [0.05, 0.1) is 35.6 Å². The standard InChI is InChI=1S/C27H30N4O5S/c1-5-35-26(33)23-17(2)28-27-31(24(23)18-7-6-8-19(15-18)34-4)25(32)21(37-27)16-20-9-10-22(36-20)30-13-11-29(3)12-14-30/h6-10,15-16,24H,5,11-14H2,1-4H3/b21-16-. The summed E-state index contributed by atoms with van der Waals surface area (Å²) in [7, 11) is 3.69. The minimum Gasteiger partial charge on any atom is -0.497 e. The number of aromatic nitrogens is 1. The Labute approximate surface area is 218 Å². The average molecular weight is 523 g/mol. The molecule has 0 radical (unpaired) electrons. The number of carbonyl (C=O) groups is 1. The number of hydrogen-bond donors (Lipinski definition) is 0. The summed E-state index contributed by atoms with van der Waals surface area (Å²) in [6.45, 7) is 7.47. The van der Waals surface area contributed by atoms with Crippen molar-refractivity contribution in [3.05, 3.63) is 78.7 Å². The molecule has 0 saturated carbocycles. The van der Waals surface area contributed by atoms with E-state index in [1.165, 1.54) is 11.3 Å². The predicted octanol–water partition coefficient (Wildman–Crippen LogP) is 2.15. The zero-order valence-corrected chi connectivity index (χ0v) is 22.2. The third-order valence-electron chi connectivity index (χ3n) is 6.63. The normalized spacial score (nSPS) is 18.5. The number of ether oxygens (including phenoxy) is 2. The lowest BCUT2D eigenvalue weighted by molar-refractivity contribution is -0.139. The molecule has 194 valence electrons. The molecule has 0 N–H and O–H groups in total. The van der Waals surface area contributed by atoms with Crippen molar-refractivity contribution in [3.8, 4) is 5.75 Å². The number of anilines is 1. The van der Waals surface area contributed by atoms with E-state index in [0.29, 0.717) is 32.1 Å². The first-order chi connectivity index (χ1) is 17.9. The highest BCUT2D eigenvalue weighted by atomic mass is 32.1. The quantitative estimate of drug-likeness (QED) is 0.459. The van der Waals surface area contributed by atoms with Gasteiger partial charge in [-0.1, -0.05) is 23.5 Å². The van der Waals surface area contributed by atoms with Gasteiger partial charge in [-0.25, -0.2) is 9.79 Å². The molecule has 1 fully saturated rings. The van der Waals surface area contributed by atoms with Crippen molar-refractivity contribution in [2.45, 2.75) is 19.9 Å². The van der Waals surface area contributed by atoms with E-state index in [1.54, 1.807) is 31.6 Å². The van der Waals surface area contributed by atoms with Crippen LogP contribution >= 0.6 is 11.3 Å². The first-order valence-electron chi connectivity index (χ1n) is 12.3. The van der Waals surface area contributed by atoms with Crippen molar-refractivity contribution >= 4 is 29.3 Å². The Hall–Kier alpha value is -3.63. The van der Waals surface area contributed by atoms with Gasteiger partial charge in [-0.2, -0.15) is 0 Å². The molecule has 0 amide bonds. The minimum atomic E-state index is -0.690. The highest BCUT2D eigenvalue weighted by molar-refractivity contribution is 7.07. The molecule has 1 saturated heterocycles. The topological polar surface area (TPSA) is 89.5 Å². The molecule has 0 bridgehead atoms. The van der Waals surface area contributed by atoms with E-state index in [9.17, 15) is 9.59 Å². The van der Waals surface area contributed by atoms with Crippen LogP contribution in [0.15, 0.2) is 61.9 Å². The van der Waals surface area contributed by atoms with Gasteiger partial charge in [-0.3, -0.25) is 9.36 Å². The van der Waals surface area contributed by atoms with Crippen LogP contribution in [0.2, 0.25) is 0 Å². The molecule has 0 spiro atoms. The van der Waals surface area contributed by atoms with Gasteiger partial charge in [0, 0.05) is 38.3 Å². The summed E-state index contributed by atoms with van der Waals surface area (Å²) in [6.07, 6.45) is 1.75. The first-order valence-corrected chi connectivity index (χ1v) is 13.1. The van der Waals surface area contributed by atoms with Crippen molar-refractivity contribution in [1.29, 1.82) is 0 Å². The summed E-state index contributed by atoms with van der Waals surface area (Å²) in [4.78, 5) is 36.4. The minimum absolute atomic E-state index is 0.221. The summed E-state index contributed by atoms with van der Waals surface area (Å²) in [5.41, 5.74) is 1.35. The molecular formula is C27H30N4O5S. The first kappa shape index (κ1) is 25.0. The van der Waals surface area contributed by atoms with E-state index in [2.05, 4.69) is 21.8 Å². The maximum absolute atomic E-state index is 13.8. The van der Waals surface area contributed by atoms with Crippen molar-refractivity contribution < 1.29 is 18.7 Å². The van der Waals surface area contributed by atoms with E-state index < -0.39 is 12.0 Å². The van der Waals surface area contributed by atoms with Gasteiger partial charge in [0.15, 0.2) is 10.7 Å². The smallest absolute Gasteiger partial charge is 0.338 e. The van der Waals surface area contributed by atoms with Crippen molar-refractivity contribution in [2.75, 3.05) is 51.8 Å². The van der Waals surface area contributed by atoms with Crippen LogP contribution in [0.5, 0.6) is 5.75 Å². The lowest BCUT2D eigenvalue weighted by Crippen LogP contribution is -2.44. The monoisotopic (exact) mass is 522 g/mol. The van der Waals surface area contributed by atoms with Crippen LogP contribution in [0.4, 0.5) is 5.88 Å². The number of methoxy groups -OCH3 is 1. The number of benzene rings is 1. The van der Waals surface area contributed by atoms with Gasteiger partial charge in [0.25, 0.3) is 5.56 Å². The molecule has 1 atom stereocenters. The summed E-state index contributed by atoms with van der Waals surface area (Å²) in [6, 6.07) is 10.5. The molecule has 5 rings (SSSR count). The van der Waals surface area contributed by atoms with Gasteiger partial charge in [0.1, 0.15) is 11.5 Å². The Balaban J connectivity index is 1.59. The highest BCUT2D eigenvalue weighted by Crippen LogP contribution is 2.32. The second-order valence-corrected chi connectivity index (χ2v) is 10.1. The van der Waals surface area contributed by atoms with Gasteiger partial charge >= 0.3 is 5.97 Å². The number of allylic oxidation sites excluding steroid dienone is 1. The van der Waals surface area contributed by atoms with Crippen LogP contribution in [0.3, 0.4) is 0 Å². The number of rotatable bonds is 6. The van der Waals surface area contributed by atoms with Crippen LogP contribution in [-0.4, -0.2) is 62.4 Å². The number of esters is 1. The highest BCUT2D eigenvalue weighted by Gasteiger charge is 2.33. The fraction of sp³-hybridized carbons (Fsp3) is 0.370. The van der Waals surface area contributed by atoms with E-state index >= 15 is 0 Å². The Morgan fingerprint density at radius 3 is 2.73 bits per heavy atom. The Morgan fingerprint density at radius 1 is 1.22 bits per heavy atom. The van der Waals surface area contributed by atoms with Crippen molar-refractivity contribution in [3.63, 3.8) is 0 Å². The SMILES string of the molecule is CCOC(=O)C1=C(C)N=c2s/c(=C\c3ccc(N4CCN(C)CC4)o3)c(=O)n2C1c1cccc(OC)c1. The fourth-order valence-corrected chi connectivity index (χ4v) is 5.69. The molecule has 4 heterocycles. The number of likely N-dealkylation sites (N-methyl/N-ethyl adjacent to an activating group) is 1. The zero-order valence-electron chi connectivity index (χ0n) is 21.4. The van der Waals surface area contributed by atoms with Crippen LogP contribution in [0.25, 0.3) is 6.08 Å². The number of furan rings is 1. The molecule has 3 aromatic rings. The molecule has 0 aliphatic carbocycles. The van der Waals surface area contributed by atoms with Crippen molar-refractivity contribution in [2.24, 2.45) is 4.99 Å². The number of thiazole rings is 1. The number of nitrogens with zero attached hydrogens (tertiary/aromatic N) is 4. The third kappa shape index (κ3) is 4.86. The predicted molar refractivity (Wildman–Crippen MR) is 142 cm³/mol. The maximum Gasteiger partial charge on any atom is 0.338 e. The maximum atomic E-state index is 13.8. The molecule has 1 aromatic carbocycles. The molecule has 9 nitrogen and oxygen atoms in total. The molecule has 2 aromatic heterocycles. The molecule has 10 heteroatoms. The summed E-state index contributed by atoms with van der Waals surface area (Å²) in [5, 5.41) is 0. The lowest BCUT2D eigenvalue weighted by Gasteiger charge is -2.32. The second kappa shape index (κ2) is 10.4. The van der Waals surface area contributed by atoms with E-state index in [0.717, 1.165) is 37.6 Å². The van der Waals surface area contributed by atoms with E-state index in [-0.39, 0.29) is 12.2 Å². The molecule has 2 aliphatic rings. The Morgan fingerprint density at radius 2 is 2.00 bits per heavy atom. The van der Waals surface area contributed by atoms with Gasteiger partial charge < -0.3 is 23.7 Å². The van der Waals surface area contributed by atoms with Gasteiger partial charge in [-0.15, -0.1) is 0 Å². The number of carbonyl (C=O) groups excluding carboxylic acids is 1. The van der Waals surface area contributed by atoms with Gasteiger partial charge in [-0.05, 0) is 44.7 Å². The molecule has 1 unspecified atom stereocenters. The molecule has 2 aliphatic heterocycles. The summed E-state index contributed by atoms with van der Waals surface area (Å²) in [5.74, 6) is 1.53. The Bertz CT molecular complexity index is 1520. The number of piperazine rings is 1. The van der Waals surface area contributed by atoms with Crippen LogP contribution in [0.1, 0.15) is 31.2 Å². The van der Waals surface area contributed by atoms with Crippen LogP contribution in [0, 0.1) is 0 Å². The molecule has 37 heavy (non-hydrogen) atoms. The fourth-order valence-electron chi connectivity index (χ4n) is 4.66. The zero-order chi connectivity index (χ0) is 26.1. The molecular weight excluding hydrogens is 492 g/mol. The lowest BCUT2D eigenvalue weighted by atomic mass is 9.95. The largest absolute Gasteiger partial charge is 0.497 e. The van der Waals surface area contributed by atoms with E-state index in [1.807, 2.05) is 36.4 Å². The van der Waals surface area contributed by atoms with Crippen LogP contribution < -0.4 is 24.5 Å². The number of hydrogen-bond acceptors (Lipinski definition) is 9. The second-order valence-electron chi connectivity index (χ2n) is 9.05.